The Bertz CT molecular complexity index is 542. The van der Waals surface area contributed by atoms with Crippen LogP contribution in [0.4, 0.5) is 5.69 Å². The largest absolute Gasteiger partial charge is 0.481 e. The van der Waals surface area contributed by atoms with Gasteiger partial charge in [-0.3, -0.25) is 9.52 Å². The number of aryl methyl sites for hydroxylation is 1. The molecule has 2 N–H and O–H groups in total. The lowest BCUT2D eigenvalue weighted by Crippen LogP contribution is -2.34. The summed E-state index contributed by atoms with van der Waals surface area (Å²) in [5.74, 6) is -1.03. The molecule has 0 fully saturated rings. The molecule has 0 heterocycles. The lowest BCUT2D eigenvalue weighted by atomic mass is 10.1. The number of hydrogen-bond acceptors (Lipinski definition) is 3. The molecule has 0 spiro atoms. The molecule has 0 aliphatic carbocycles. The first-order valence-corrected chi connectivity index (χ1v) is 7.34. The van der Waals surface area contributed by atoms with E-state index in [0.717, 1.165) is 9.87 Å². The molecule has 1 rings (SSSR count). The van der Waals surface area contributed by atoms with Crippen molar-refractivity contribution in [2.24, 2.45) is 0 Å². The first kappa shape index (κ1) is 15.5. The quantitative estimate of drug-likeness (QED) is 0.791. The monoisotopic (exact) mass is 286 g/mol. The smallest absolute Gasteiger partial charge is 0.304 e. The van der Waals surface area contributed by atoms with Gasteiger partial charge in [0.1, 0.15) is 0 Å². The van der Waals surface area contributed by atoms with Crippen LogP contribution in [-0.2, 0) is 21.4 Å². The van der Waals surface area contributed by atoms with Crippen LogP contribution in [0.1, 0.15) is 18.9 Å². The number of carbonyl (C=O) groups is 1. The molecule has 0 radical (unpaired) electrons. The fourth-order valence-corrected chi connectivity index (χ4v) is 2.48. The number of nitrogens with one attached hydrogen (secondary N) is 1. The summed E-state index contributed by atoms with van der Waals surface area (Å²) < 4.78 is 27.5. The van der Waals surface area contributed by atoms with E-state index in [4.69, 9.17) is 5.11 Å². The second-order valence-electron chi connectivity index (χ2n) is 4.08. The van der Waals surface area contributed by atoms with Crippen molar-refractivity contribution in [2.45, 2.75) is 19.8 Å². The van der Waals surface area contributed by atoms with Crippen LogP contribution in [-0.4, -0.2) is 37.4 Å². The van der Waals surface area contributed by atoms with Gasteiger partial charge in [0.25, 0.3) is 0 Å². The zero-order valence-electron chi connectivity index (χ0n) is 11.0. The number of carboxylic acids is 1. The number of hydrogen-bond donors (Lipinski definition) is 2. The number of benzene rings is 1. The van der Waals surface area contributed by atoms with Crippen molar-refractivity contribution in [3.05, 3.63) is 29.8 Å². The van der Waals surface area contributed by atoms with Gasteiger partial charge in [0.15, 0.2) is 0 Å². The lowest BCUT2D eigenvalue weighted by molar-refractivity contribution is -0.137. The topological polar surface area (TPSA) is 86.7 Å². The average Bonchev–Trinajstić information content (AvgIpc) is 2.36. The molecule has 0 saturated carbocycles. The van der Waals surface area contributed by atoms with Crippen molar-refractivity contribution in [2.75, 3.05) is 18.3 Å². The molecule has 6 nitrogen and oxygen atoms in total. The van der Waals surface area contributed by atoms with Crippen LogP contribution < -0.4 is 4.72 Å². The SMILES string of the molecule is CCc1ccccc1NS(=O)(=O)N(C)CCC(=O)O. The first-order chi connectivity index (χ1) is 8.86. The Kier molecular flexibility index (Phi) is 5.31. The van der Waals surface area contributed by atoms with Crippen molar-refractivity contribution in [1.29, 1.82) is 0 Å². The molecular weight excluding hydrogens is 268 g/mol. The summed E-state index contributed by atoms with van der Waals surface area (Å²) in [6.07, 6.45) is 0.477. The Labute approximate surface area is 113 Å². The van der Waals surface area contributed by atoms with Gasteiger partial charge >= 0.3 is 16.2 Å². The molecule has 19 heavy (non-hydrogen) atoms. The summed E-state index contributed by atoms with van der Waals surface area (Å²) in [5.41, 5.74) is 1.41. The van der Waals surface area contributed by atoms with Gasteiger partial charge in [-0.25, -0.2) is 0 Å². The van der Waals surface area contributed by atoms with Crippen LogP contribution in [0.3, 0.4) is 0 Å². The molecule has 0 aliphatic rings. The summed E-state index contributed by atoms with van der Waals surface area (Å²) in [7, 11) is -2.37. The summed E-state index contributed by atoms with van der Waals surface area (Å²) in [6.45, 7) is 1.86. The van der Waals surface area contributed by atoms with E-state index in [1.807, 2.05) is 19.1 Å². The molecule has 0 amide bonds. The molecule has 106 valence electrons. The Morgan fingerprint density at radius 2 is 2.00 bits per heavy atom. The maximum absolute atomic E-state index is 12.0. The highest BCUT2D eigenvalue weighted by molar-refractivity contribution is 7.90. The predicted octanol–water partition coefficient (Wildman–Crippen LogP) is 1.31. The molecule has 0 aliphatic heterocycles. The van der Waals surface area contributed by atoms with Gasteiger partial charge < -0.3 is 5.11 Å². The van der Waals surface area contributed by atoms with E-state index in [-0.39, 0.29) is 13.0 Å². The predicted molar refractivity (Wildman–Crippen MR) is 73.2 cm³/mol. The lowest BCUT2D eigenvalue weighted by Gasteiger charge is -2.18. The third kappa shape index (κ3) is 4.53. The summed E-state index contributed by atoms with van der Waals surface area (Å²) >= 11 is 0. The molecule has 1 aromatic rings. The highest BCUT2D eigenvalue weighted by atomic mass is 32.2. The average molecular weight is 286 g/mol. The van der Waals surface area contributed by atoms with Crippen molar-refractivity contribution in [3.8, 4) is 0 Å². The number of nitrogens with zero attached hydrogens (tertiary/aromatic N) is 1. The number of para-hydroxylation sites is 1. The Morgan fingerprint density at radius 3 is 2.58 bits per heavy atom. The van der Waals surface area contributed by atoms with Crippen LogP contribution in [0.5, 0.6) is 0 Å². The molecule has 0 bridgehead atoms. The maximum atomic E-state index is 12.0. The van der Waals surface area contributed by atoms with E-state index in [1.165, 1.54) is 7.05 Å². The molecule has 0 saturated heterocycles. The highest BCUT2D eigenvalue weighted by Gasteiger charge is 2.19. The number of carboxylic acid groups (broad SMARTS) is 1. The van der Waals surface area contributed by atoms with Gasteiger partial charge in [-0.2, -0.15) is 12.7 Å². The van der Waals surface area contributed by atoms with Crippen molar-refractivity contribution < 1.29 is 18.3 Å². The normalized spacial score (nSPS) is 11.5. The molecule has 0 atom stereocenters. The van der Waals surface area contributed by atoms with Gasteiger partial charge in [0, 0.05) is 13.6 Å². The first-order valence-electron chi connectivity index (χ1n) is 5.90. The van der Waals surface area contributed by atoms with E-state index < -0.39 is 16.2 Å². The van der Waals surface area contributed by atoms with Crippen LogP contribution in [0.25, 0.3) is 0 Å². The number of aliphatic carboxylic acids is 1. The minimum Gasteiger partial charge on any atom is -0.481 e. The van der Waals surface area contributed by atoms with Gasteiger partial charge in [-0.15, -0.1) is 0 Å². The molecule has 0 unspecified atom stereocenters. The second kappa shape index (κ2) is 6.53. The molecule has 7 heteroatoms. The Hall–Kier alpha value is -1.60. The van der Waals surface area contributed by atoms with Gasteiger partial charge in [0.2, 0.25) is 0 Å². The minimum absolute atomic E-state index is 0.0705. The third-order valence-electron chi connectivity index (χ3n) is 2.69. The van der Waals surface area contributed by atoms with Crippen molar-refractivity contribution >= 4 is 21.9 Å². The summed E-state index contributed by atoms with van der Waals surface area (Å²) in [4.78, 5) is 10.4. The zero-order valence-corrected chi connectivity index (χ0v) is 11.8. The van der Waals surface area contributed by atoms with Crippen LogP contribution in [0, 0.1) is 0 Å². The Balaban J connectivity index is 2.81. The second-order valence-corrected chi connectivity index (χ2v) is 5.86. The van der Waals surface area contributed by atoms with Crippen LogP contribution in [0.15, 0.2) is 24.3 Å². The van der Waals surface area contributed by atoms with E-state index in [9.17, 15) is 13.2 Å². The van der Waals surface area contributed by atoms with Gasteiger partial charge in [-0.05, 0) is 18.1 Å². The molecule has 1 aromatic carbocycles. The minimum atomic E-state index is -3.72. The Morgan fingerprint density at radius 1 is 1.37 bits per heavy atom. The zero-order chi connectivity index (χ0) is 14.5. The van der Waals surface area contributed by atoms with Crippen molar-refractivity contribution in [1.82, 2.24) is 4.31 Å². The van der Waals surface area contributed by atoms with E-state index in [0.29, 0.717) is 12.1 Å². The maximum Gasteiger partial charge on any atom is 0.304 e. The third-order valence-corrected chi connectivity index (χ3v) is 4.17. The summed E-state index contributed by atoms with van der Waals surface area (Å²) in [5, 5.41) is 8.56. The van der Waals surface area contributed by atoms with E-state index in [2.05, 4.69) is 4.72 Å². The fraction of sp³-hybridized carbons (Fsp3) is 0.417. The van der Waals surface area contributed by atoms with Crippen LogP contribution in [0.2, 0.25) is 0 Å². The van der Waals surface area contributed by atoms with Crippen molar-refractivity contribution in [3.63, 3.8) is 0 Å². The van der Waals surface area contributed by atoms with Crippen LogP contribution >= 0.6 is 0 Å². The fourth-order valence-electron chi connectivity index (χ4n) is 1.52. The standard InChI is InChI=1S/C12H18N2O4S/c1-3-10-6-4-5-7-11(10)13-19(17,18)14(2)9-8-12(15)16/h4-7,13H,3,8-9H2,1-2H3,(H,15,16). The number of anilines is 1. The van der Waals surface area contributed by atoms with Gasteiger partial charge in [-0.1, -0.05) is 25.1 Å². The summed E-state index contributed by atoms with van der Waals surface area (Å²) in [6, 6.07) is 7.11. The van der Waals surface area contributed by atoms with E-state index in [1.54, 1.807) is 12.1 Å². The molecular formula is C12H18N2O4S. The van der Waals surface area contributed by atoms with E-state index >= 15 is 0 Å². The highest BCUT2D eigenvalue weighted by Crippen LogP contribution is 2.17. The van der Waals surface area contributed by atoms with Gasteiger partial charge in [0.05, 0.1) is 12.1 Å². The number of rotatable bonds is 7. The molecule has 0 aromatic heterocycles.